The van der Waals surface area contributed by atoms with Crippen LogP contribution in [0.2, 0.25) is 0 Å². The van der Waals surface area contributed by atoms with Crippen molar-refractivity contribution in [3.8, 4) is 11.3 Å². The second kappa shape index (κ2) is 11.6. The van der Waals surface area contributed by atoms with Gasteiger partial charge >= 0.3 is 0 Å². The van der Waals surface area contributed by atoms with E-state index in [1.807, 2.05) is 4.68 Å². The van der Waals surface area contributed by atoms with Gasteiger partial charge < -0.3 is 20.6 Å². The van der Waals surface area contributed by atoms with Crippen molar-refractivity contribution in [3.05, 3.63) is 30.5 Å². The molecule has 1 aromatic carbocycles. The number of aromatic nitrogens is 4. The zero-order chi connectivity index (χ0) is 25.7. The average Bonchev–Trinajstić information content (AvgIpc) is 3.27. The third-order valence-corrected chi connectivity index (χ3v) is 7.87. The molecule has 5 N–H and O–H groups in total. The molecule has 1 aliphatic carbocycles. The quantitative estimate of drug-likeness (QED) is 0.238. The number of rotatable bonds is 11. The summed E-state index contributed by atoms with van der Waals surface area (Å²) in [7, 11) is -3.84. The molecule has 0 unspecified atom stereocenters. The lowest BCUT2D eigenvalue weighted by Crippen LogP contribution is -2.33. The first-order chi connectivity index (χ1) is 17.3. The molecular weight excluding hydrogens is 484 g/mol. The van der Waals surface area contributed by atoms with Gasteiger partial charge in [-0.2, -0.15) is 10.1 Å². The van der Waals surface area contributed by atoms with Crippen LogP contribution in [0.1, 0.15) is 51.5 Å². The number of hydrogen-bond acceptors (Lipinski definition) is 9. The summed E-state index contributed by atoms with van der Waals surface area (Å²) >= 11 is 0. The van der Waals surface area contributed by atoms with Gasteiger partial charge in [0.2, 0.25) is 16.0 Å². The number of anilines is 1. The van der Waals surface area contributed by atoms with Crippen LogP contribution in [-0.4, -0.2) is 75.4 Å². The molecule has 36 heavy (non-hydrogen) atoms. The van der Waals surface area contributed by atoms with E-state index in [4.69, 9.17) is 15.2 Å². The van der Waals surface area contributed by atoms with Gasteiger partial charge in [-0.1, -0.05) is 25.5 Å². The molecule has 196 valence electrons. The minimum Gasteiger partial charge on any atom is -0.394 e. The Balaban J connectivity index is 1.66. The summed E-state index contributed by atoms with van der Waals surface area (Å²) in [5.41, 5.74) is 2.08. The van der Waals surface area contributed by atoms with Gasteiger partial charge in [0.05, 0.1) is 35.1 Å². The van der Waals surface area contributed by atoms with Crippen LogP contribution >= 0.6 is 0 Å². The van der Waals surface area contributed by atoms with Gasteiger partial charge in [-0.3, -0.25) is 0 Å². The number of aliphatic hydroxyl groups excluding tert-OH is 3. The largest absolute Gasteiger partial charge is 0.394 e. The van der Waals surface area contributed by atoms with Gasteiger partial charge in [0.25, 0.3) is 0 Å². The summed E-state index contributed by atoms with van der Waals surface area (Å²) in [6, 6.07) is 6.42. The molecule has 2 heterocycles. The fourth-order valence-corrected chi connectivity index (χ4v) is 5.37. The van der Waals surface area contributed by atoms with Crippen molar-refractivity contribution in [2.45, 2.75) is 68.6 Å². The Labute approximate surface area is 210 Å². The summed E-state index contributed by atoms with van der Waals surface area (Å²) in [6.45, 7) is 2.08. The number of sulfonamides is 1. The SMILES string of the molecule is CCCCNc1ncc2c(-c3ccc(S(=O)(=O)NC[C@H](O)CO)cc3)nn(C3CCC(O)CC3)c2n1. The highest BCUT2D eigenvalue weighted by Gasteiger charge is 2.26. The lowest BCUT2D eigenvalue weighted by molar-refractivity contribution is 0.0988. The molecule has 0 spiro atoms. The lowest BCUT2D eigenvalue weighted by Gasteiger charge is -2.25. The van der Waals surface area contributed by atoms with Crippen LogP contribution in [0.3, 0.4) is 0 Å². The number of nitrogens with zero attached hydrogens (tertiary/aromatic N) is 4. The highest BCUT2D eigenvalue weighted by atomic mass is 32.2. The minimum absolute atomic E-state index is 0.0417. The van der Waals surface area contributed by atoms with E-state index in [9.17, 15) is 18.6 Å². The van der Waals surface area contributed by atoms with Crippen molar-refractivity contribution in [2.24, 2.45) is 0 Å². The normalized spacial score (nSPS) is 19.4. The maximum Gasteiger partial charge on any atom is 0.240 e. The lowest BCUT2D eigenvalue weighted by atomic mass is 9.93. The first-order valence-corrected chi connectivity index (χ1v) is 13.9. The molecule has 0 amide bonds. The molecule has 0 bridgehead atoms. The first-order valence-electron chi connectivity index (χ1n) is 12.4. The predicted octanol–water partition coefficient (Wildman–Crippen LogP) is 1.81. The Morgan fingerprint density at radius 1 is 1.17 bits per heavy atom. The van der Waals surface area contributed by atoms with Crippen molar-refractivity contribution < 1.29 is 23.7 Å². The summed E-state index contributed by atoms with van der Waals surface area (Å²) in [6.07, 6.45) is 5.36. The second-order valence-electron chi connectivity index (χ2n) is 9.18. The van der Waals surface area contributed by atoms with E-state index < -0.39 is 22.7 Å². The van der Waals surface area contributed by atoms with Gasteiger partial charge in [0, 0.05) is 24.8 Å². The van der Waals surface area contributed by atoms with Gasteiger partial charge in [0.15, 0.2) is 5.65 Å². The number of benzene rings is 1. The van der Waals surface area contributed by atoms with E-state index in [0.29, 0.717) is 30.1 Å². The van der Waals surface area contributed by atoms with E-state index in [0.717, 1.165) is 43.2 Å². The van der Waals surface area contributed by atoms with E-state index in [2.05, 4.69) is 21.9 Å². The summed E-state index contributed by atoms with van der Waals surface area (Å²) < 4.78 is 29.3. The molecule has 2 aromatic heterocycles. The zero-order valence-corrected chi connectivity index (χ0v) is 21.2. The summed E-state index contributed by atoms with van der Waals surface area (Å²) in [5, 5.41) is 37.2. The molecule has 0 radical (unpaired) electrons. The van der Waals surface area contributed by atoms with E-state index >= 15 is 0 Å². The molecule has 1 saturated carbocycles. The fourth-order valence-electron chi connectivity index (χ4n) is 4.30. The Morgan fingerprint density at radius 2 is 1.89 bits per heavy atom. The van der Waals surface area contributed by atoms with E-state index in [1.165, 1.54) is 12.1 Å². The molecule has 11 nitrogen and oxygen atoms in total. The van der Waals surface area contributed by atoms with Gasteiger partial charge in [-0.05, 0) is 44.2 Å². The topological polar surface area (TPSA) is 162 Å². The Bertz CT molecular complexity index is 1260. The van der Waals surface area contributed by atoms with Crippen LogP contribution in [-0.2, 0) is 10.0 Å². The highest BCUT2D eigenvalue weighted by Crippen LogP contribution is 2.34. The number of unbranched alkanes of at least 4 members (excludes halogenated alkanes) is 1. The van der Waals surface area contributed by atoms with Crippen molar-refractivity contribution >= 4 is 27.0 Å². The van der Waals surface area contributed by atoms with E-state index in [-0.39, 0.29) is 23.6 Å². The van der Waals surface area contributed by atoms with Crippen LogP contribution in [0.5, 0.6) is 0 Å². The van der Waals surface area contributed by atoms with Crippen molar-refractivity contribution in [1.29, 1.82) is 0 Å². The Kier molecular flexibility index (Phi) is 8.52. The summed E-state index contributed by atoms with van der Waals surface area (Å²) in [4.78, 5) is 9.28. The van der Waals surface area contributed by atoms with Crippen LogP contribution in [0.15, 0.2) is 35.4 Å². The van der Waals surface area contributed by atoms with Crippen LogP contribution in [0, 0.1) is 0 Å². The maximum absolute atomic E-state index is 12.5. The molecule has 12 heteroatoms. The summed E-state index contributed by atoms with van der Waals surface area (Å²) in [5.74, 6) is 0.539. The zero-order valence-electron chi connectivity index (χ0n) is 20.3. The van der Waals surface area contributed by atoms with Crippen LogP contribution in [0.25, 0.3) is 22.3 Å². The fraction of sp³-hybridized carbons (Fsp3) is 0.542. The smallest absolute Gasteiger partial charge is 0.240 e. The van der Waals surface area contributed by atoms with Crippen LogP contribution in [0.4, 0.5) is 5.95 Å². The molecular formula is C24H34N6O5S. The highest BCUT2D eigenvalue weighted by molar-refractivity contribution is 7.89. The molecule has 1 fully saturated rings. The van der Waals surface area contributed by atoms with Gasteiger partial charge in [-0.25, -0.2) is 22.8 Å². The first kappa shape index (κ1) is 26.4. The Hall–Kier alpha value is -2.64. The van der Waals surface area contributed by atoms with E-state index in [1.54, 1.807) is 18.3 Å². The van der Waals surface area contributed by atoms with Gasteiger partial charge in [-0.15, -0.1) is 0 Å². The number of fused-ring (bicyclic) bond motifs is 1. The molecule has 1 atom stereocenters. The Morgan fingerprint density at radius 3 is 2.56 bits per heavy atom. The van der Waals surface area contributed by atoms with Crippen LogP contribution < -0.4 is 10.0 Å². The predicted molar refractivity (Wildman–Crippen MR) is 136 cm³/mol. The minimum atomic E-state index is -3.84. The number of aliphatic hydroxyl groups is 3. The number of nitrogens with one attached hydrogen (secondary N) is 2. The third kappa shape index (κ3) is 6.01. The average molecular weight is 519 g/mol. The molecule has 0 aliphatic heterocycles. The molecule has 0 saturated heterocycles. The molecule has 4 rings (SSSR count). The van der Waals surface area contributed by atoms with Crippen molar-refractivity contribution in [2.75, 3.05) is 25.0 Å². The van der Waals surface area contributed by atoms with Crippen molar-refractivity contribution in [1.82, 2.24) is 24.5 Å². The number of hydrogen-bond donors (Lipinski definition) is 5. The monoisotopic (exact) mass is 518 g/mol. The molecule has 3 aromatic rings. The van der Waals surface area contributed by atoms with Crippen molar-refractivity contribution in [3.63, 3.8) is 0 Å². The van der Waals surface area contributed by atoms with Gasteiger partial charge in [0.1, 0.15) is 5.69 Å². The standard InChI is InChI=1S/C24H34N6O5S/c1-2-3-12-25-24-26-14-21-22(29-30(23(21)28-24)17-6-8-18(32)9-7-17)16-4-10-20(11-5-16)36(34,35)27-13-19(33)15-31/h4-5,10-11,14,17-19,27,31-33H,2-3,6-9,12-13,15H2,1H3,(H,25,26,28)/t17?,18?,19-/m0/s1. The maximum atomic E-state index is 12.5. The molecule has 1 aliphatic rings. The third-order valence-electron chi connectivity index (χ3n) is 6.43. The second-order valence-corrected chi connectivity index (χ2v) is 10.9.